The van der Waals surface area contributed by atoms with E-state index in [1.165, 1.54) is 0 Å². The number of hydrogen-bond acceptors (Lipinski definition) is 2. The fraction of sp³-hybridized carbons (Fsp3) is 0. The summed E-state index contributed by atoms with van der Waals surface area (Å²) in [5.74, 6) is 0. The molecule has 0 aliphatic rings. The van der Waals surface area contributed by atoms with Gasteiger partial charge in [0, 0.05) is 32.7 Å². The summed E-state index contributed by atoms with van der Waals surface area (Å²) >= 11 is 0. The quantitative estimate of drug-likeness (QED) is 0.397. The average Bonchev–Trinajstić information content (AvgIpc) is 2.80. The van der Waals surface area contributed by atoms with Crippen molar-refractivity contribution in [2.75, 3.05) is 0 Å². The fourth-order valence-corrected chi connectivity index (χ4v) is 4.32. The van der Waals surface area contributed by atoms with E-state index in [0.29, 0.717) is 27.1 Å². The Balaban J connectivity index is 1.90. The van der Waals surface area contributed by atoms with Gasteiger partial charge >= 0.3 is 0 Å². The van der Waals surface area contributed by atoms with E-state index in [-0.39, 0.29) is 10.9 Å². The minimum absolute atomic E-state index is 0.0383. The van der Waals surface area contributed by atoms with Crippen LogP contribution in [0.5, 0.6) is 0 Å². The van der Waals surface area contributed by atoms with E-state index in [4.69, 9.17) is 0 Å². The van der Waals surface area contributed by atoms with Crippen LogP contribution in [-0.4, -0.2) is 9.55 Å². The summed E-state index contributed by atoms with van der Waals surface area (Å²) in [5, 5.41) is 2.44. The van der Waals surface area contributed by atoms with Crippen LogP contribution in [0.1, 0.15) is 0 Å². The predicted octanol–water partition coefficient (Wildman–Crippen LogP) is 5.14. The van der Waals surface area contributed by atoms with Gasteiger partial charge in [-0.25, -0.2) is 0 Å². The van der Waals surface area contributed by atoms with Crippen molar-refractivity contribution in [3.05, 3.63) is 111 Å². The Bertz CT molecular complexity index is 1730. The van der Waals surface area contributed by atoms with Crippen LogP contribution in [-0.2, 0) is 0 Å². The number of H-pyrrole nitrogens is 1. The maximum absolute atomic E-state index is 13.4. The summed E-state index contributed by atoms with van der Waals surface area (Å²) in [7, 11) is 0. The van der Waals surface area contributed by atoms with Crippen LogP contribution >= 0.6 is 0 Å². The first-order valence-corrected chi connectivity index (χ1v) is 9.80. The van der Waals surface area contributed by atoms with Gasteiger partial charge < -0.3 is 9.55 Å². The molecule has 2 aromatic heterocycles. The number of para-hydroxylation sites is 3. The van der Waals surface area contributed by atoms with Crippen molar-refractivity contribution < 1.29 is 0 Å². The molecular weight excluding hydrogens is 372 g/mol. The SMILES string of the molecule is O=c1c2ccccc2[nH]c2cc3c(=O)c4ccccc4n(-c4ccccc4)c3cc12. The van der Waals surface area contributed by atoms with Crippen LogP contribution in [0.15, 0.2) is 101 Å². The number of fused-ring (bicyclic) bond motifs is 4. The zero-order valence-corrected chi connectivity index (χ0v) is 15.9. The molecule has 0 spiro atoms. The molecular formula is C26H16N2O2. The molecule has 6 aromatic rings. The van der Waals surface area contributed by atoms with Gasteiger partial charge in [0.15, 0.2) is 10.9 Å². The Kier molecular flexibility index (Phi) is 3.44. The van der Waals surface area contributed by atoms with Crippen LogP contribution in [0.25, 0.3) is 49.3 Å². The molecule has 0 radical (unpaired) electrons. The first-order chi connectivity index (χ1) is 14.7. The Morgan fingerprint density at radius 3 is 2.03 bits per heavy atom. The summed E-state index contributed by atoms with van der Waals surface area (Å²) in [5.41, 5.74) is 3.83. The molecule has 0 aliphatic heterocycles. The third-order valence-corrected chi connectivity index (χ3v) is 5.71. The van der Waals surface area contributed by atoms with Gasteiger partial charge in [-0.3, -0.25) is 9.59 Å². The number of benzene rings is 4. The van der Waals surface area contributed by atoms with Gasteiger partial charge in [-0.2, -0.15) is 0 Å². The topological polar surface area (TPSA) is 54.9 Å². The van der Waals surface area contributed by atoms with Crippen molar-refractivity contribution in [2.24, 2.45) is 0 Å². The largest absolute Gasteiger partial charge is 0.354 e. The molecule has 142 valence electrons. The van der Waals surface area contributed by atoms with Crippen LogP contribution in [0.3, 0.4) is 0 Å². The lowest BCUT2D eigenvalue weighted by Gasteiger charge is -2.16. The molecule has 0 atom stereocenters. The first-order valence-electron chi connectivity index (χ1n) is 9.80. The minimum atomic E-state index is -0.0403. The van der Waals surface area contributed by atoms with Gasteiger partial charge in [0.05, 0.1) is 16.6 Å². The first kappa shape index (κ1) is 16.7. The Labute approximate surface area is 170 Å². The molecule has 1 N–H and O–H groups in total. The van der Waals surface area contributed by atoms with Crippen LogP contribution < -0.4 is 10.9 Å². The van der Waals surface area contributed by atoms with Crippen molar-refractivity contribution in [3.63, 3.8) is 0 Å². The van der Waals surface area contributed by atoms with Gasteiger partial charge in [-0.05, 0) is 48.5 Å². The molecule has 0 bridgehead atoms. The smallest absolute Gasteiger partial charge is 0.197 e. The summed E-state index contributed by atoms with van der Waals surface area (Å²) in [6.45, 7) is 0. The van der Waals surface area contributed by atoms with E-state index in [2.05, 4.69) is 9.55 Å². The molecule has 6 rings (SSSR count). The van der Waals surface area contributed by atoms with E-state index in [0.717, 1.165) is 22.2 Å². The lowest BCUT2D eigenvalue weighted by atomic mass is 10.0. The number of pyridine rings is 2. The number of rotatable bonds is 1. The van der Waals surface area contributed by atoms with Crippen molar-refractivity contribution in [1.82, 2.24) is 9.55 Å². The van der Waals surface area contributed by atoms with Crippen molar-refractivity contribution in [2.45, 2.75) is 0 Å². The van der Waals surface area contributed by atoms with E-state index >= 15 is 0 Å². The highest BCUT2D eigenvalue weighted by Crippen LogP contribution is 2.27. The third kappa shape index (κ3) is 2.28. The van der Waals surface area contributed by atoms with Crippen LogP contribution in [0, 0.1) is 0 Å². The summed E-state index contributed by atoms with van der Waals surface area (Å²) in [6.07, 6.45) is 0. The predicted molar refractivity (Wildman–Crippen MR) is 123 cm³/mol. The molecule has 4 aromatic carbocycles. The average molecular weight is 388 g/mol. The molecule has 0 fully saturated rings. The standard InChI is InChI=1S/C26H16N2O2/c29-25-17-10-4-6-12-21(17)27-22-14-20-24(15-19(22)25)28(16-8-2-1-3-9-16)23-13-7-5-11-18(23)26(20)30/h1-15H,(H,27,29). The molecule has 0 unspecified atom stereocenters. The van der Waals surface area contributed by atoms with Crippen molar-refractivity contribution in [3.8, 4) is 5.69 Å². The van der Waals surface area contributed by atoms with E-state index in [1.807, 2.05) is 91.0 Å². The van der Waals surface area contributed by atoms with Crippen molar-refractivity contribution >= 4 is 43.6 Å². The zero-order chi connectivity index (χ0) is 20.2. The normalized spacial score (nSPS) is 11.6. The van der Waals surface area contributed by atoms with E-state index < -0.39 is 0 Å². The highest BCUT2D eigenvalue weighted by Gasteiger charge is 2.15. The Hall–Kier alpha value is -4.18. The lowest BCUT2D eigenvalue weighted by Crippen LogP contribution is -2.12. The molecule has 0 aliphatic carbocycles. The number of nitrogens with one attached hydrogen (secondary N) is 1. The molecule has 2 heterocycles. The highest BCUT2D eigenvalue weighted by atomic mass is 16.1. The van der Waals surface area contributed by atoms with Gasteiger partial charge in [0.25, 0.3) is 0 Å². The number of aromatic amines is 1. The highest BCUT2D eigenvalue weighted by molar-refractivity contribution is 6.04. The maximum Gasteiger partial charge on any atom is 0.197 e. The number of aromatic nitrogens is 2. The summed E-state index contributed by atoms with van der Waals surface area (Å²) in [6, 6.07) is 28.6. The Morgan fingerprint density at radius 2 is 1.20 bits per heavy atom. The second-order valence-electron chi connectivity index (χ2n) is 7.43. The fourth-order valence-electron chi connectivity index (χ4n) is 4.32. The van der Waals surface area contributed by atoms with Gasteiger partial charge in [0.1, 0.15) is 0 Å². The lowest BCUT2D eigenvalue weighted by molar-refractivity contribution is 1.16. The summed E-state index contributed by atoms with van der Waals surface area (Å²) < 4.78 is 2.06. The molecule has 0 amide bonds. The maximum atomic E-state index is 13.4. The van der Waals surface area contributed by atoms with Crippen molar-refractivity contribution in [1.29, 1.82) is 0 Å². The molecule has 0 saturated carbocycles. The minimum Gasteiger partial charge on any atom is -0.354 e. The zero-order valence-electron chi connectivity index (χ0n) is 15.9. The van der Waals surface area contributed by atoms with Crippen LogP contribution in [0.2, 0.25) is 0 Å². The monoisotopic (exact) mass is 388 g/mol. The van der Waals surface area contributed by atoms with E-state index in [1.54, 1.807) is 0 Å². The molecule has 4 heteroatoms. The van der Waals surface area contributed by atoms with Gasteiger partial charge in [-0.1, -0.05) is 42.5 Å². The van der Waals surface area contributed by atoms with Crippen LogP contribution in [0.4, 0.5) is 0 Å². The molecule has 0 saturated heterocycles. The second-order valence-corrected chi connectivity index (χ2v) is 7.43. The second kappa shape index (κ2) is 6.16. The molecule has 4 nitrogen and oxygen atoms in total. The number of hydrogen-bond donors (Lipinski definition) is 1. The third-order valence-electron chi connectivity index (χ3n) is 5.71. The Morgan fingerprint density at radius 1 is 0.533 bits per heavy atom. The van der Waals surface area contributed by atoms with Gasteiger partial charge in [0.2, 0.25) is 0 Å². The number of nitrogens with zero attached hydrogens (tertiary/aromatic N) is 1. The van der Waals surface area contributed by atoms with Gasteiger partial charge in [-0.15, -0.1) is 0 Å². The summed E-state index contributed by atoms with van der Waals surface area (Å²) in [4.78, 5) is 29.9. The molecule has 30 heavy (non-hydrogen) atoms. The van der Waals surface area contributed by atoms with E-state index in [9.17, 15) is 9.59 Å².